The van der Waals surface area contributed by atoms with Crippen LogP contribution in [-0.4, -0.2) is 22.1 Å². The smallest absolute Gasteiger partial charge is 0.343 e. The normalized spacial score (nSPS) is 15.0. The van der Waals surface area contributed by atoms with Gasteiger partial charge in [0.2, 0.25) is 11.8 Å². The van der Waals surface area contributed by atoms with Gasteiger partial charge in [-0.05, 0) is 23.8 Å². The van der Waals surface area contributed by atoms with Crippen molar-refractivity contribution in [2.75, 3.05) is 5.32 Å². The largest absolute Gasteiger partial charge is 0.477 e. The van der Waals surface area contributed by atoms with Crippen LogP contribution in [0.25, 0.3) is 10.6 Å². The average Bonchev–Trinajstić information content (AvgIpc) is 3.25. The van der Waals surface area contributed by atoms with Gasteiger partial charge in [-0.15, -0.1) is 11.3 Å². The van der Waals surface area contributed by atoms with Gasteiger partial charge in [-0.25, -0.2) is 4.79 Å². The maximum atomic E-state index is 12.1. The number of nitrogens with one attached hydrogen (secondary N) is 1. The van der Waals surface area contributed by atoms with Crippen molar-refractivity contribution in [2.24, 2.45) is 5.92 Å². The van der Waals surface area contributed by atoms with Gasteiger partial charge in [0, 0.05) is 6.42 Å². The van der Waals surface area contributed by atoms with Gasteiger partial charge >= 0.3 is 5.97 Å². The first-order chi connectivity index (χ1) is 11.1. The number of carbonyl (C=O) groups is 2. The second-order valence-electron chi connectivity index (χ2n) is 5.76. The number of carbonyl (C=O) groups excluding carboxylic acids is 1. The molecule has 1 saturated carbocycles. The lowest BCUT2D eigenvalue weighted by atomic mass is 10.0. The van der Waals surface area contributed by atoms with Crippen LogP contribution < -0.4 is 5.32 Å². The number of carboxylic acid groups (broad SMARTS) is 1. The van der Waals surface area contributed by atoms with E-state index in [1.54, 1.807) is 12.1 Å². The monoisotopic (exact) mass is 334 g/mol. The molecule has 23 heavy (non-hydrogen) atoms. The summed E-state index contributed by atoms with van der Waals surface area (Å²) in [4.78, 5) is 24.2. The Bertz CT molecular complexity index is 687. The summed E-state index contributed by atoms with van der Waals surface area (Å²) < 4.78 is 5.07. The minimum atomic E-state index is -1.17. The van der Waals surface area contributed by atoms with E-state index in [2.05, 4.69) is 10.5 Å². The van der Waals surface area contributed by atoms with E-state index in [9.17, 15) is 14.7 Å². The number of rotatable bonds is 6. The Labute approximate surface area is 137 Å². The number of nitrogens with zero attached hydrogens (tertiary/aromatic N) is 1. The Morgan fingerprint density at radius 1 is 1.39 bits per heavy atom. The molecule has 0 aromatic carbocycles. The van der Waals surface area contributed by atoms with E-state index >= 15 is 0 Å². The SMILES string of the molecule is O=C(CCC1CCCC1)Nc1onc(-c2cccs2)c1C(=O)O. The Kier molecular flexibility index (Phi) is 4.76. The maximum absolute atomic E-state index is 12.1. The summed E-state index contributed by atoms with van der Waals surface area (Å²) in [6.45, 7) is 0. The molecule has 2 aromatic heterocycles. The van der Waals surface area contributed by atoms with Gasteiger partial charge in [0.25, 0.3) is 0 Å². The summed E-state index contributed by atoms with van der Waals surface area (Å²) in [5.74, 6) is -0.873. The van der Waals surface area contributed by atoms with Crippen LogP contribution >= 0.6 is 11.3 Å². The van der Waals surface area contributed by atoms with Gasteiger partial charge in [-0.1, -0.05) is 36.9 Å². The highest BCUT2D eigenvalue weighted by atomic mass is 32.1. The first-order valence-corrected chi connectivity index (χ1v) is 8.60. The van der Waals surface area contributed by atoms with Crippen LogP contribution in [0.15, 0.2) is 22.0 Å². The van der Waals surface area contributed by atoms with Crippen molar-refractivity contribution in [3.63, 3.8) is 0 Å². The lowest BCUT2D eigenvalue weighted by Gasteiger charge is -2.07. The molecule has 2 heterocycles. The minimum Gasteiger partial charge on any atom is -0.477 e. The fourth-order valence-corrected chi connectivity index (χ4v) is 3.69. The molecule has 0 unspecified atom stereocenters. The number of amides is 1. The lowest BCUT2D eigenvalue weighted by molar-refractivity contribution is -0.116. The fourth-order valence-electron chi connectivity index (χ4n) is 2.98. The van der Waals surface area contributed by atoms with Crippen molar-refractivity contribution in [1.29, 1.82) is 0 Å². The highest BCUT2D eigenvalue weighted by Crippen LogP contribution is 2.32. The molecule has 7 heteroatoms. The Morgan fingerprint density at radius 2 is 2.17 bits per heavy atom. The zero-order valence-corrected chi connectivity index (χ0v) is 13.4. The number of anilines is 1. The van der Waals surface area contributed by atoms with E-state index in [1.165, 1.54) is 37.0 Å². The van der Waals surface area contributed by atoms with Gasteiger partial charge in [-0.3, -0.25) is 10.1 Å². The summed E-state index contributed by atoms with van der Waals surface area (Å²) in [6.07, 6.45) is 6.04. The Morgan fingerprint density at radius 3 is 2.83 bits per heavy atom. The van der Waals surface area contributed by atoms with Crippen molar-refractivity contribution in [3.05, 3.63) is 23.1 Å². The molecule has 0 aliphatic heterocycles. The molecule has 1 fully saturated rings. The molecule has 1 aliphatic carbocycles. The molecule has 0 radical (unpaired) electrons. The van der Waals surface area contributed by atoms with Crippen LogP contribution in [0.5, 0.6) is 0 Å². The number of carboxylic acids is 1. The van der Waals surface area contributed by atoms with Crippen LogP contribution in [0.2, 0.25) is 0 Å². The molecule has 0 saturated heterocycles. The number of hydrogen-bond acceptors (Lipinski definition) is 5. The third-order valence-electron chi connectivity index (χ3n) is 4.17. The van der Waals surface area contributed by atoms with E-state index in [4.69, 9.17) is 4.52 Å². The summed E-state index contributed by atoms with van der Waals surface area (Å²) in [5.41, 5.74) is 0.153. The number of aromatic carboxylic acids is 1. The number of aromatic nitrogens is 1. The molecule has 0 atom stereocenters. The molecule has 2 N–H and O–H groups in total. The summed E-state index contributed by atoms with van der Waals surface area (Å²) in [6, 6.07) is 3.57. The molecule has 0 spiro atoms. The van der Waals surface area contributed by atoms with E-state index in [0.717, 1.165) is 6.42 Å². The van der Waals surface area contributed by atoms with Crippen molar-refractivity contribution < 1.29 is 19.2 Å². The first kappa shape index (κ1) is 15.7. The molecule has 1 amide bonds. The molecular formula is C16H18N2O4S. The predicted octanol–water partition coefficient (Wildman–Crippen LogP) is 4.01. The second-order valence-corrected chi connectivity index (χ2v) is 6.70. The zero-order chi connectivity index (χ0) is 16.2. The van der Waals surface area contributed by atoms with Crippen LogP contribution in [0.1, 0.15) is 48.9 Å². The molecular weight excluding hydrogens is 316 g/mol. The second kappa shape index (κ2) is 6.95. The number of hydrogen-bond donors (Lipinski definition) is 2. The highest BCUT2D eigenvalue weighted by molar-refractivity contribution is 7.13. The highest BCUT2D eigenvalue weighted by Gasteiger charge is 2.26. The first-order valence-electron chi connectivity index (χ1n) is 7.72. The van der Waals surface area contributed by atoms with Crippen LogP contribution in [0.3, 0.4) is 0 Å². The molecule has 1 aliphatic rings. The van der Waals surface area contributed by atoms with E-state index in [1.807, 2.05) is 5.38 Å². The summed E-state index contributed by atoms with van der Waals surface area (Å²) >= 11 is 1.37. The quantitative estimate of drug-likeness (QED) is 0.832. The third-order valence-corrected chi connectivity index (χ3v) is 5.04. The van der Waals surface area contributed by atoms with E-state index in [-0.39, 0.29) is 23.0 Å². The summed E-state index contributed by atoms with van der Waals surface area (Å²) in [7, 11) is 0. The van der Waals surface area contributed by atoms with Gasteiger partial charge in [-0.2, -0.15) is 0 Å². The van der Waals surface area contributed by atoms with Gasteiger partial charge in [0.1, 0.15) is 5.69 Å². The Balaban J connectivity index is 1.69. The number of thiophene rings is 1. The van der Waals surface area contributed by atoms with Crippen molar-refractivity contribution in [1.82, 2.24) is 5.16 Å². The van der Waals surface area contributed by atoms with Crippen LogP contribution in [0, 0.1) is 5.92 Å². The van der Waals surface area contributed by atoms with Gasteiger partial charge in [0.05, 0.1) is 4.88 Å². The molecule has 122 valence electrons. The van der Waals surface area contributed by atoms with Crippen LogP contribution in [-0.2, 0) is 4.79 Å². The topological polar surface area (TPSA) is 92.4 Å². The average molecular weight is 334 g/mol. The van der Waals surface area contributed by atoms with Crippen LogP contribution in [0.4, 0.5) is 5.88 Å². The zero-order valence-electron chi connectivity index (χ0n) is 12.6. The van der Waals surface area contributed by atoms with Crippen molar-refractivity contribution >= 4 is 29.1 Å². The lowest BCUT2D eigenvalue weighted by Crippen LogP contribution is -2.14. The molecule has 2 aromatic rings. The minimum absolute atomic E-state index is 0.0858. The fraction of sp³-hybridized carbons (Fsp3) is 0.438. The Hall–Kier alpha value is -2.15. The van der Waals surface area contributed by atoms with Crippen molar-refractivity contribution in [2.45, 2.75) is 38.5 Å². The van der Waals surface area contributed by atoms with Gasteiger partial charge in [0.15, 0.2) is 5.56 Å². The standard InChI is InChI=1S/C16H18N2O4S/c19-12(8-7-10-4-1-2-5-10)17-15-13(16(20)21)14(18-22-15)11-6-3-9-23-11/h3,6,9-10H,1-2,4-5,7-8H2,(H,17,19)(H,20,21). The molecule has 3 rings (SSSR count). The molecule has 6 nitrogen and oxygen atoms in total. The van der Waals surface area contributed by atoms with E-state index in [0.29, 0.717) is 17.2 Å². The van der Waals surface area contributed by atoms with Crippen molar-refractivity contribution in [3.8, 4) is 10.6 Å². The molecule has 0 bridgehead atoms. The van der Waals surface area contributed by atoms with E-state index < -0.39 is 5.97 Å². The summed E-state index contributed by atoms with van der Waals surface area (Å²) in [5, 5.41) is 17.6. The predicted molar refractivity (Wildman–Crippen MR) is 86.6 cm³/mol. The van der Waals surface area contributed by atoms with Gasteiger partial charge < -0.3 is 9.63 Å². The maximum Gasteiger partial charge on any atom is 0.343 e. The third kappa shape index (κ3) is 3.61.